The number of ether oxygens (including phenoxy) is 16. The molecule has 3 fully saturated rings. The zero-order valence-electron chi connectivity index (χ0n) is 80.9. The largest absolute Gasteiger partial charge is 0.463 e. The van der Waals surface area contributed by atoms with Gasteiger partial charge in [0.2, 0.25) is 53.2 Å². The molecule has 46 heteroatoms. The quantitative estimate of drug-likeness (QED) is 0.0176. The van der Waals surface area contributed by atoms with E-state index in [1.165, 1.54) is 62.3 Å². The molecule has 0 aromatic rings. The van der Waals surface area contributed by atoms with Crippen molar-refractivity contribution in [3.8, 4) is 0 Å². The molecule has 0 bridgehead atoms. The minimum Gasteiger partial charge on any atom is -0.463 e. The number of hydrogen-bond donors (Lipinski definition) is 9. The van der Waals surface area contributed by atoms with Crippen molar-refractivity contribution in [3.05, 3.63) is 0 Å². The maximum Gasteiger partial charge on any atom is 0.303 e. The van der Waals surface area contributed by atoms with Gasteiger partial charge in [-0.25, -0.2) is 4.67 Å². The summed E-state index contributed by atoms with van der Waals surface area (Å²) in [5, 5.41) is 25.7. The van der Waals surface area contributed by atoms with Crippen LogP contribution in [0.3, 0.4) is 0 Å². The van der Waals surface area contributed by atoms with E-state index in [-0.39, 0.29) is 243 Å². The Balaban J connectivity index is 1.64. The molecule has 764 valence electrons. The first-order valence-electron chi connectivity index (χ1n) is 46.0. The van der Waals surface area contributed by atoms with Gasteiger partial charge in [0.05, 0.1) is 124 Å². The van der Waals surface area contributed by atoms with E-state index >= 15 is 0 Å². The van der Waals surface area contributed by atoms with Crippen LogP contribution in [0.25, 0.3) is 0 Å². The maximum atomic E-state index is 13.8. The number of rotatable bonds is 70. The fourth-order valence-corrected chi connectivity index (χ4v) is 16.1. The van der Waals surface area contributed by atoms with Crippen LogP contribution >= 0.6 is 8.53 Å². The lowest BCUT2D eigenvalue weighted by atomic mass is 9.88. The molecule has 16 unspecified atom stereocenters. The van der Waals surface area contributed by atoms with Crippen LogP contribution in [0.2, 0.25) is 0 Å². The van der Waals surface area contributed by atoms with Crippen molar-refractivity contribution in [3.63, 3.8) is 0 Å². The van der Waals surface area contributed by atoms with Gasteiger partial charge in [-0.15, -0.1) is 0 Å². The van der Waals surface area contributed by atoms with Crippen molar-refractivity contribution in [2.45, 2.75) is 268 Å². The number of carbonyl (C=O) groups excluding carboxylic acids is 15. The first-order valence-corrected chi connectivity index (χ1v) is 47.2. The molecule has 0 radical (unpaired) electrons. The van der Waals surface area contributed by atoms with Crippen LogP contribution < -0.4 is 47.9 Å². The van der Waals surface area contributed by atoms with E-state index in [0.29, 0.717) is 64.8 Å². The lowest BCUT2D eigenvalue weighted by Gasteiger charge is -2.44. The second-order valence-electron chi connectivity index (χ2n) is 33.0. The Morgan fingerprint density at radius 3 is 0.895 bits per heavy atom. The SMILES string of the molecule is CCCOP(OCCOCCN(CCN(CC(=O)NCCCCNC(=O)CCOCCOC1OC(COC(C)=O)C(OC(C)=O)C(C)C1NC(C)=O)CC(=O)NCCCCNC(=O)CCOCCOC1OC(COC(C)=O)C(OC(C)=O)C(C)C1NC(C)=O)CC(=O)NCCCCNC(=O)CCOCCOC1OC(COC(C)=O)C(OC(C)=O)C(C)C1NC(C)=O)N(C(C)C)C(C)C. The number of amides is 9. The van der Waals surface area contributed by atoms with Crippen LogP contribution in [-0.4, -0.2) is 373 Å². The van der Waals surface area contributed by atoms with E-state index in [1.54, 1.807) is 25.7 Å². The average molecular weight is 1930 g/mol. The normalized spacial score (nSPS) is 21.9. The van der Waals surface area contributed by atoms with Crippen LogP contribution in [0, 0.1) is 17.8 Å². The van der Waals surface area contributed by atoms with Gasteiger partial charge in [-0.3, -0.25) is 81.7 Å². The van der Waals surface area contributed by atoms with Gasteiger partial charge in [-0.2, -0.15) is 0 Å². The maximum absolute atomic E-state index is 13.8. The van der Waals surface area contributed by atoms with Gasteiger partial charge in [0.15, 0.2) is 18.9 Å². The molecule has 0 aromatic carbocycles. The molecule has 3 aliphatic heterocycles. The van der Waals surface area contributed by atoms with Crippen molar-refractivity contribution in [2.24, 2.45) is 17.8 Å². The Labute approximate surface area is 783 Å². The summed E-state index contributed by atoms with van der Waals surface area (Å²) in [6.07, 6.45) is -4.47. The summed E-state index contributed by atoms with van der Waals surface area (Å²) in [5.41, 5.74) is 0. The number of unbranched alkanes of at least 4 members (excludes halogenated alkanes) is 3. The Kier molecular flexibility index (Phi) is 61.6. The predicted molar refractivity (Wildman–Crippen MR) is 478 cm³/mol. The Morgan fingerprint density at radius 1 is 0.331 bits per heavy atom. The van der Waals surface area contributed by atoms with Gasteiger partial charge < -0.3 is 133 Å². The van der Waals surface area contributed by atoms with Crippen molar-refractivity contribution < 1.29 is 157 Å². The molecule has 9 amide bonds. The number of esters is 6. The third kappa shape index (κ3) is 52.7. The zero-order valence-corrected chi connectivity index (χ0v) is 81.8. The molecule has 0 saturated carbocycles. The topological polar surface area (TPSA) is 540 Å². The van der Waals surface area contributed by atoms with Gasteiger partial charge in [-0.1, -0.05) is 27.7 Å². The van der Waals surface area contributed by atoms with E-state index in [2.05, 4.69) is 80.2 Å². The van der Waals surface area contributed by atoms with Crippen LogP contribution in [0.4, 0.5) is 0 Å². The van der Waals surface area contributed by atoms with Crippen molar-refractivity contribution in [1.82, 2.24) is 62.3 Å². The molecule has 3 rings (SSSR count). The van der Waals surface area contributed by atoms with Crippen molar-refractivity contribution in [1.29, 1.82) is 0 Å². The van der Waals surface area contributed by atoms with Crippen LogP contribution in [0.5, 0.6) is 0 Å². The minimum atomic E-state index is -1.39. The van der Waals surface area contributed by atoms with Gasteiger partial charge in [0, 0.05) is 170 Å². The zero-order chi connectivity index (χ0) is 98.7. The molecule has 9 N–H and O–H groups in total. The Morgan fingerprint density at radius 2 is 0.609 bits per heavy atom. The van der Waals surface area contributed by atoms with Crippen LogP contribution in [0.15, 0.2) is 0 Å². The summed E-state index contributed by atoms with van der Waals surface area (Å²) in [7, 11) is -1.39. The number of carbonyl (C=O) groups is 15. The van der Waals surface area contributed by atoms with E-state index in [4.69, 9.17) is 84.8 Å². The fourth-order valence-electron chi connectivity index (χ4n) is 14.4. The summed E-state index contributed by atoms with van der Waals surface area (Å²) < 4.78 is 106. The van der Waals surface area contributed by atoms with Gasteiger partial charge in [0.25, 0.3) is 8.53 Å². The number of hydrogen-bond acceptors (Lipinski definition) is 36. The van der Waals surface area contributed by atoms with E-state index < -0.39 is 136 Å². The van der Waals surface area contributed by atoms with Gasteiger partial charge in [0.1, 0.15) is 56.4 Å². The summed E-state index contributed by atoms with van der Waals surface area (Å²) in [6.45, 7) is 29.5. The third-order valence-corrected chi connectivity index (χ3v) is 22.8. The highest BCUT2D eigenvalue weighted by atomic mass is 31.2. The minimum absolute atomic E-state index is 0.000864. The molecule has 0 aromatic heterocycles. The lowest BCUT2D eigenvalue weighted by Crippen LogP contribution is -2.62. The van der Waals surface area contributed by atoms with Crippen molar-refractivity contribution >= 4 is 97.5 Å². The summed E-state index contributed by atoms with van der Waals surface area (Å²) >= 11 is 0. The second kappa shape index (κ2) is 68.8. The summed E-state index contributed by atoms with van der Waals surface area (Å²) in [5.74, 6) is -8.05. The summed E-state index contributed by atoms with van der Waals surface area (Å²) in [6, 6.07) is -1.93. The highest BCUT2D eigenvalue weighted by Gasteiger charge is 2.50. The molecule has 3 saturated heterocycles. The molecule has 16 atom stereocenters. The van der Waals surface area contributed by atoms with E-state index in [0.717, 1.165) is 6.42 Å². The van der Waals surface area contributed by atoms with Gasteiger partial charge >= 0.3 is 35.8 Å². The Bertz CT molecular complexity index is 3350. The smallest absolute Gasteiger partial charge is 0.303 e. The first kappa shape index (κ1) is 119. The molecule has 133 heavy (non-hydrogen) atoms. The molecule has 0 spiro atoms. The van der Waals surface area contributed by atoms with E-state index in [1.807, 2.05) is 11.8 Å². The highest BCUT2D eigenvalue weighted by Crippen LogP contribution is 2.46. The van der Waals surface area contributed by atoms with E-state index in [9.17, 15) is 71.9 Å². The highest BCUT2D eigenvalue weighted by molar-refractivity contribution is 7.44. The van der Waals surface area contributed by atoms with Gasteiger partial charge in [-0.05, 0) is 72.6 Å². The average Bonchev–Trinajstić information content (AvgIpc) is 0.804. The van der Waals surface area contributed by atoms with Crippen molar-refractivity contribution in [2.75, 3.05) is 184 Å². The molecule has 3 aliphatic rings. The third-order valence-electron chi connectivity index (χ3n) is 20.7. The molecule has 3 heterocycles. The first-order chi connectivity index (χ1) is 63.3. The standard InChI is InChI=1S/C87H153N12O33P/c1-18-37-125-133(99(56(2)3)57(4)5)126-49-45-118-41-36-97(50-76(112)91-31-22-19-28-88-73(109)25-38-115-42-46-119-85-79(94-61(9)100)58(6)82(127-67(15)106)70(130-85)53-122-64(12)103)34-35-98(51-77(113)92-32-23-20-29-89-74(110)26-39-116-43-47-120-86-80(95-62(10)101)59(7)83(128-68(16)107)71(131-86)54-123-65(13)104)52-78(114)93-33-24-21-30-90-75(111)27-40-117-44-48-121-87-81(96-63(11)102)60(8)84(129-69(17)108)72(132-87)55-124-66(14)105/h56-60,70-72,79-87H,18-55H2,1-17H3,(H,88,109)(H,89,110)(H,90,111)(H,91,112)(H,92,113)(H,93,114)(H,94,100)(H,95,101)(H,96,102). The second-order valence-corrected chi connectivity index (χ2v) is 34.5. The van der Waals surface area contributed by atoms with Crippen LogP contribution in [0.1, 0.15) is 182 Å². The molecule has 0 aliphatic carbocycles. The Hall–Kier alpha value is -8.12. The summed E-state index contributed by atoms with van der Waals surface area (Å²) in [4.78, 5) is 191. The predicted octanol–water partition coefficient (Wildman–Crippen LogP) is 0.785. The molecule has 45 nitrogen and oxygen atoms in total. The molecular weight excluding hydrogens is 1770 g/mol. The number of nitrogens with one attached hydrogen (secondary N) is 9. The molecular formula is C87H153N12O33P. The number of nitrogens with zero attached hydrogens (tertiary/aromatic N) is 3. The lowest BCUT2D eigenvalue weighted by molar-refractivity contribution is -0.264. The fraction of sp³-hybridized carbons (Fsp3) is 0.828. The van der Waals surface area contributed by atoms with Crippen LogP contribution in [-0.2, 0) is 157 Å². The monoisotopic (exact) mass is 1930 g/mol.